The van der Waals surface area contributed by atoms with E-state index in [1.54, 1.807) is 11.3 Å². The van der Waals surface area contributed by atoms with E-state index in [0.29, 0.717) is 0 Å². The molecule has 0 radical (unpaired) electrons. The zero-order chi connectivity index (χ0) is 11.5. The van der Waals surface area contributed by atoms with Crippen LogP contribution in [-0.4, -0.2) is 4.98 Å². The lowest BCUT2D eigenvalue weighted by atomic mass is 10.1. The van der Waals surface area contributed by atoms with Crippen LogP contribution in [-0.2, 0) is 6.42 Å². The second kappa shape index (κ2) is 5.08. The third-order valence-corrected chi connectivity index (χ3v) is 4.01. The number of rotatable bonds is 3. The fourth-order valence-corrected chi connectivity index (χ4v) is 3.09. The minimum absolute atomic E-state index is 0.0227. The molecule has 2 aromatic heterocycles. The van der Waals surface area contributed by atoms with Crippen molar-refractivity contribution in [3.63, 3.8) is 0 Å². The molecular weight excluding hydrogens is 284 g/mol. The highest BCUT2D eigenvalue weighted by Crippen LogP contribution is 2.25. The molecule has 2 N–H and O–H groups in total. The molecular formula is C12H13BrN2S. The van der Waals surface area contributed by atoms with Crippen LogP contribution in [0.3, 0.4) is 0 Å². The van der Waals surface area contributed by atoms with Gasteiger partial charge < -0.3 is 5.73 Å². The normalized spacial score (nSPS) is 12.7. The van der Waals surface area contributed by atoms with E-state index in [4.69, 9.17) is 5.73 Å². The van der Waals surface area contributed by atoms with Crippen molar-refractivity contribution < 1.29 is 0 Å². The van der Waals surface area contributed by atoms with Gasteiger partial charge in [0.15, 0.2) is 0 Å². The number of pyridine rings is 1. The van der Waals surface area contributed by atoms with Gasteiger partial charge in [-0.05, 0) is 52.7 Å². The fraction of sp³-hybridized carbons (Fsp3) is 0.250. The maximum absolute atomic E-state index is 6.13. The van der Waals surface area contributed by atoms with E-state index < -0.39 is 0 Å². The van der Waals surface area contributed by atoms with Gasteiger partial charge >= 0.3 is 0 Å². The maximum atomic E-state index is 6.13. The number of aryl methyl sites for hydroxylation is 1. The molecule has 2 rings (SSSR count). The summed E-state index contributed by atoms with van der Waals surface area (Å²) in [6, 6.07) is 8.16. The highest BCUT2D eigenvalue weighted by Gasteiger charge is 2.09. The third-order valence-electron chi connectivity index (χ3n) is 2.37. The number of halogens is 1. The SMILES string of the molecule is Cc1ccnc(C(N)Cc2ccc(Br)s2)c1. The van der Waals surface area contributed by atoms with Gasteiger partial charge in [0.05, 0.1) is 15.5 Å². The van der Waals surface area contributed by atoms with Gasteiger partial charge in [0.25, 0.3) is 0 Å². The Bertz CT molecular complexity index is 481. The standard InChI is InChI=1S/C12H13BrN2S/c1-8-4-5-15-11(6-8)10(14)7-9-2-3-12(13)16-9/h2-6,10H,7,14H2,1H3. The van der Waals surface area contributed by atoms with E-state index in [2.05, 4.69) is 40.0 Å². The average Bonchev–Trinajstić information content (AvgIpc) is 2.64. The average molecular weight is 297 g/mol. The molecule has 0 fully saturated rings. The summed E-state index contributed by atoms with van der Waals surface area (Å²) in [5.41, 5.74) is 8.30. The number of hydrogen-bond acceptors (Lipinski definition) is 3. The number of nitrogens with zero attached hydrogens (tertiary/aromatic N) is 1. The summed E-state index contributed by atoms with van der Waals surface area (Å²) in [5, 5.41) is 0. The second-order valence-electron chi connectivity index (χ2n) is 3.77. The van der Waals surface area contributed by atoms with E-state index in [9.17, 15) is 0 Å². The molecule has 4 heteroatoms. The smallest absolute Gasteiger partial charge is 0.0701 e. The summed E-state index contributed by atoms with van der Waals surface area (Å²) in [4.78, 5) is 5.59. The predicted octanol–water partition coefficient (Wildman–Crippen LogP) is 3.46. The summed E-state index contributed by atoms with van der Waals surface area (Å²) in [7, 11) is 0. The largest absolute Gasteiger partial charge is 0.322 e. The molecule has 0 bridgehead atoms. The minimum Gasteiger partial charge on any atom is -0.322 e. The van der Waals surface area contributed by atoms with Crippen LogP contribution in [0.5, 0.6) is 0 Å². The Labute approximate surface area is 108 Å². The van der Waals surface area contributed by atoms with Crippen molar-refractivity contribution in [2.75, 3.05) is 0 Å². The topological polar surface area (TPSA) is 38.9 Å². The summed E-state index contributed by atoms with van der Waals surface area (Å²) >= 11 is 5.18. The first-order valence-electron chi connectivity index (χ1n) is 5.07. The molecule has 2 aromatic rings. The summed E-state index contributed by atoms with van der Waals surface area (Å²) in [6.45, 7) is 2.06. The quantitative estimate of drug-likeness (QED) is 0.942. The molecule has 0 saturated carbocycles. The lowest BCUT2D eigenvalue weighted by Crippen LogP contribution is -2.14. The zero-order valence-electron chi connectivity index (χ0n) is 8.98. The first-order valence-corrected chi connectivity index (χ1v) is 6.68. The van der Waals surface area contributed by atoms with E-state index in [1.165, 1.54) is 10.4 Å². The van der Waals surface area contributed by atoms with Crippen LogP contribution in [0.1, 0.15) is 22.2 Å². The van der Waals surface area contributed by atoms with Crippen LogP contribution in [0.15, 0.2) is 34.2 Å². The third kappa shape index (κ3) is 2.90. The Balaban J connectivity index is 2.11. The van der Waals surface area contributed by atoms with Crippen molar-refractivity contribution in [2.45, 2.75) is 19.4 Å². The first-order chi connectivity index (χ1) is 7.65. The van der Waals surface area contributed by atoms with Gasteiger partial charge in [-0.15, -0.1) is 11.3 Å². The van der Waals surface area contributed by atoms with Crippen LogP contribution in [0, 0.1) is 6.92 Å². The molecule has 0 aliphatic carbocycles. The zero-order valence-corrected chi connectivity index (χ0v) is 11.4. The van der Waals surface area contributed by atoms with Crippen LogP contribution in [0.2, 0.25) is 0 Å². The molecule has 1 atom stereocenters. The van der Waals surface area contributed by atoms with Crippen LogP contribution in [0.25, 0.3) is 0 Å². The molecule has 0 spiro atoms. The Morgan fingerprint density at radius 1 is 1.44 bits per heavy atom. The van der Waals surface area contributed by atoms with Crippen molar-refractivity contribution in [2.24, 2.45) is 5.73 Å². The maximum Gasteiger partial charge on any atom is 0.0701 e. The van der Waals surface area contributed by atoms with Gasteiger partial charge in [-0.25, -0.2) is 0 Å². The van der Waals surface area contributed by atoms with Crippen molar-refractivity contribution in [1.82, 2.24) is 4.98 Å². The van der Waals surface area contributed by atoms with Gasteiger partial charge in [-0.2, -0.15) is 0 Å². The Kier molecular flexibility index (Phi) is 3.74. The van der Waals surface area contributed by atoms with E-state index in [1.807, 2.05) is 18.3 Å². The van der Waals surface area contributed by atoms with E-state index >= 15 is 0 Å². The van der Waals surface area contributed by atoms with Crippen LogP contribution < -0.4 is 5.73 Å². The van der Waals surface area contributed by atoms with Gasteiger partial charge in [-0.3, -0.25) is 4.98 Å². The van der Waals surface area contributed by atoms with Crippen molar-refractivity contribution in [3.8, 4) is 0 Å². The summed E-state index contributed by atoms with van der Waals surface area (Å²) in [6.07, 6.45) is 2.65. The number of nitrogens with two attached hydrogens (primary N) is 1. The number of aromatic nitrogens is 1. The lowest BCUT2D eigenvalue weighted by Gasteiger charge is -2.10. The molecule has 16 heavy (non-hydrogen) atoms. The van der Waals surface area contributed by atoms with Crippen LogP contribution >= 0.6 is 27.3 Å². The molecule has 1 unspecified atom stereocenters. The Morgan fingerprint density at radius 3 is 2.88 bits per heavy atom. The summed E-state index contributed by atoms with van der Waals surface area (Å²) < 4.78 is 1.15. The number of hydrogen-bond donors (Lipinski definition) is 1. The minimum atomic E-state index is -0.0227. The van der Waals surface area contributed by atoms with Gasteiger partial charge in [-0.1, -0.05) is 0 Å². The molecule has 0 saturated heterocycles. The van der Waals surface area contributed by atoms with E-state index in [0.717, 1.165) is 15.9 Å². The van der Waals surface area contributed by atoms with Gasteiger partial charge in [0, 0.05) is 17.5 Å². The van der Waals surface area contributed by atoms with Crippen molar-refractivity contribution in [3.05, 3.63) is 50.4 Å². The highest BCUT2D eigenvalue weighted by molar-refractivity contribution is 9.11. The monoisotopic (exact) mass is 296 g/mol. The first kappa shape index (κ1) is 11.8. The molecule has 2 heterocycles. The van der Waals surface area contributed by atoms with Gasteiger partial charge in [0.1, 0.15) is 0 Å². The molecule has 2 nitrogen and oxygen atoms in total. The molecule has 84 valence electrons. The molecule has 0 amide bonds. The van der Waals surface area contributed by atoms with E-state index in [-0.39, 0.29) is 6.04 Å². The van der Waals surface area contributed by atoms with Crippen molar-refractivity contribution >= 4 is 27.3 Å². The highest BCUT2D eigenvalue weighted by atomic mass is 79.9. The fourth-order valence-electron chi connectivity index (χ4n) is 1.55. The van der Waals surface area contributed by atoms with Crippen molar-refractivity contribution in [1.29, 1.82) is 0 Å². The molecule has 0 aliphatic heterocycles. The Morgan fingerprint density at radius 2 is 2.25 bits per heavy atom. The molecule has 0 aromatic carbocycles. The second-order valence-corrected chi connectivity index (χ2v) is 6.32. The van der Waals surface area contributed by atoms with Gasteiger partial charge in [0.2, 0.25) is 0 Å². The Hall–Kier alpha value is -0.710. The predicted molar refractivity (Wildman–Crippen MR) is 71.6 cm³/mol. The number of thiophene rings is 1. The lowest BCUT2D eigenvalue weighted by molar-refractivity contribution is 0.702. The van der Waals surface area contributed by atoms with Crippen LogP contribution in [0.4, 0.5) is 0 Å². The molecule has 0 aliphatic rings. The summed E-state index contributed by atoms with van der Waals surface area (Å²) in [5.74, 6) is 0.